The van der Waals surface area contributed by atoms with Crippen LogP contribution in [-0.2, 0) is 0 Å². The van der Waals surface area contributed by atoms with Gasteiger partial charge in [0, 0.05) is 24.8 Å². The third kappa shape index (κ3) is 1.78. The third-order valence-electron chi connectivity index (χ3n) is 3.19. The molecule has 1 amide bonds. The average molecular weight is 252 g/mol. The number of rotatable bonds is 1. The molecule has 94 valence electrons. The lowest BCUT2D eigenvalue weighted by molar-refractivity contribution is 0.0963. The zero-order chi connectivity index (χ0) is 13.4. The first-order valence-electron chi connectivity index (χ1n) is 5.96. The summed E-state index contributed by atoms with van der Waals surface area (Å²) in [4.78, 5) is 24.1. The lowest BCUT2D eigenvalue weighted by Crippen LogP contribution is -2.16. The molecular formula is C15H12N2O2. The van der Waals surface area contributed by atoms with E-state index in [0.29, 0.717) is 16.5 Å². The molecule has 2 heterocycles. The van der Waals surface area contributed by atoms with Crippen molar-refractivity contribution in [1.29, 1.82) is 0 Å². The van der Waals surface area contributed by atoms with Gasteiger partial charge >= 0.3 is 0 Å². The Balaban J connectivity index is 2.43. The molecule has 0 unspecified atom stereocenters. The number of fused-ring (bicyclic) bond motifs is 2. The zero-order valence-electron chi connectivity index (χ0n) is 10.4. The maximum Gasteiger partial charge on any atom is 0.252 e. The van der Waals surface area contributed by atoms with Crippen molar-refractivity contribution in [2.24, 2.45) is 0 Å². The van der Waals surface area contributed by atoms with Crippen molar-refractivity contribution < 1.29 is 4.79 Å². The Bertz CT molecular complexity index is 850. The highest BCUT2D eigenvalue weighted by Crippen LogP contribution is 2.12. The molecule has 2 aromatic heterocycles. The van der Waals surface area contributed by atoms with E-state index in [2.05, 4.69) is 5.32 Å². The standard InChI is InChI=1S/C15H12N2O2/c1-16-15(19)11-8-13-14(18)12-5-3-2-4-10(12)6-7-17(13)9-11/h2-9H,1H3,(H,16,19). The summed E-state index contributed by atoms with van der Waals surface area (Å²) in [5.74, 6) is -0.199. The summed E-state index contributed by atoms with van der Waals surface area (Å²) >= 11 is 0. The van der Waals surface area contributed by atoms with E-state index < -0.39 is 0 Å². The number of nitrogens with zero attached hydrogens (tertiary/aromatic N) is 1. The molecule has 0 aliphatic heterocycles. The van der Waals surface area contributed by atoms with Gasteiger partial charge in [-0.25, -0.2) is 0 Å². The van der Waals surface area contributed by atoms with Crippen LogP contribution in [0, 0.1) is 0 Å². The molecule has 19 heavy (non-hydrogen) atoms. The summed E-state index contributed by atoms with van der Waals surface area (Å²) in [6.45, 7) is 0. The number of carbonyl (C=O) groups is 1. The number of amides is 1. The van der Waals surface area contributed by atoms with Gasteiger partial charge in [0.2, 0.25) is 5.43 Å². The highest BCUT2D eigenvalue weighted by molar-refractivity contribution is 5.96. The first-order chi connectivity index (χ1) is 9.20. The van der Waals surface area contributed by atoms with Crippen molar-refractivity contribution in [1.82, 2.24) is 9.72 Å². The first-order valence-corrected chi connectivity index (χ1v) is 5.96. The molecule has 0 radical (unpaired) electrons. The predicted molar refractivity (Wildman–Crippen MR) is 74.6 cm³/mol. The maximum atomic E-state index is 12.5. The molecule has 0 aliphatic rings. The SMILES string of the molecule is CNC(=O)c1cc2c(=O)c3ccccc3ccn2c1. The number of nitrogens with one attached hydrogen (secondary N) is 1. The minimum absolute atomic E-state index is 0.0734. The van der Waals surface area contributed by atoms with Crippen molar-refractivity contribution >= 4 is 22.2 Å². The van der Waals surface area contributed by atoms with Gasteiger partial charge in [-0.3, -0.25) is 9.59 Å². The van der Waals surface area contributed by atoms with Gasteiger partial charge in [0.25, 0.3) is 5.91 Å². The van der Waals surface area contributed by atoms with Gasteiger partial charge in [0.1, 0.15) is 0 Å². The zero-order valence-corrected chi connectivity index (χ0v) is 10.4. The molecular weight excluding hydrogens is 240 g/mol. The van der Waals surface area contributed by atoms with Crippen LogP contribution in [0.5, 0.6) is 0 Å². The minimum Gasteiger partial charge on any atom is -0.355 e. The minimum atomic E-state index is -0.199. The van der Waals surface area contributed by atoms with Crippen LogP contribution in [0.4, 0.5) is 0 Å². The molecule has 0 atom stereocenters. The molecule has 4 nitrogen and oxygen atoms in total. The molecule has 0 bridgehead atoms. The number of hydrogen-bond donors (Lipinski definition) is 1. The fraction of sp³-hybridized carbons (Fsp3) is 0.0667. The van der Waals surface area contributed by atoms with Crippen LogP contribution in [0.1, 0.15) is 10.4 Å². The molecule has 0 aliphatic carbocycles. The smallest absolute Gasteiger partial charge is 0.252 e. The Kier molecular flexibility index (Phi) is 2.56. The Morgan fingerprint density at radius 2 is 2.00 bits per heavy atom. The Morgan fingerprint density at radius 1 is 1.21 bits per heavy atom. The normalized spacial score (nSPS) is 10.8. The predicted octanol–water partition coefficient (Wildman–Crippen LogP) is 1.81. The first kappa shape index (κ1) is 11.5. The van der Waals surface area contributed by atoms with Crippen molar-refractivity contribution in [3.05, 3.63) is 64.6 Å². The Morgan fingerprint density at radius 3 is 2.79 bits per heavy atom. The average Bonchev–Trinajstić information content (AvgIpc) is 2.83. The van der Waals surface area contributed by atoms with Crippen LogP contribution in [-0.4, -0.2) is 17.4 Å². The Hall–Kier alpha value is -2.62. The van der Waals surface area contributed by atoms with Gasteiger partial charge < -0.3 is 9.72 Å². The molecule has 3 rings (SSSR count). The second-order valence-electron chi connectivity index (χ2n) is 4.33. The Labute approximate surface area is 109 Å². The van der Waals surface area contributed by atoms with E-state index in [0.717, 1.165) is 5.39 Å². The summed E-state index contributed by atoms with van der Waals surface area (Å²) in [6.07, 6.45) is 3.46. The van der Waals surface area contributed by atoms with Gasteiger partial charge in [0.05, 0.1) is 11.1 Å². The van der Waals surface area contributed by atoms with Gasteiger partial charge in [0.15, 0.2) is 0 Å². The highest BCUT2D eigenvalue weighted by atomic mass is 16.1. The van der Waals surface area contributed by atoms with Crippen molar-refractivity contribution in [2.75, 3.05) is 7.05 Å². The van der Waals surface area contributed by atoms with E-state index in [-0.39, 0.29) is 11.3 Å². The number of benzene rings is 1. The van der Waals surface area contributed by atoms with Gasteiger partial charge in [-0.05, 0) is 17.5 Å². The van der Waals surface area contributed by atoms with Gasteiger partial charge in [-0.15, -0.1) is 0 Å². The molecule has 1 aromatic carbocycles. The summed E-state index contributed by atoms with van der Waals surface area (Å²) < 4.78 is 1.69. The quantitative estimate of drug-likeness (QED) is 0.718. The number of aromatic nitrogens is 1. The molecule has 0 spiro atoms. The fourth-order valence-electron chi connectivity index (χ4n) is 2.20. The largest absolute Gasteiger partial charge is 0.355 e. The molecule has 0 fully saturated rings. The lowest BCUT2D eigenvalue weighted by atomic mass is 10.2. The number of carbonyl (C=O) groups excluding carboxylic acids is 1. The number of hydrogen-bond acceptors (Lipinski definition) is 2. The van der Waals surface area contributed by atoms with E-state index in [1.165, 1.54) is 0 Å². The van der Waals surface area contributed by atoms with Crippen LogP contribution >= 0.6 is 0 Å². The van der Waals surface area contributed by atoms with Crippen molar-refractivity contribution in [3.8, 4) is 0 Å². The van der Waals surface area contributed by atoms with Crippen LogP contribution in [0.3, 0.4) is 0 Å². The molecule has 4 heteroatoms. The fourth-order valence-corrected chi connectivity index (χ4v) is 2.20. The van der Waals surface area contributed by atoms with E-state index in [1.807, 2.05) is 24.3 Å². The molecule has 3 aromatic rings. The van der Waals surface area contributed by atoms with Crippen LogP contribution in [0.2, 0.25) is 0 Å². The third-order valence-corrected chi connectivity index (χ3v) is 3.19. The summed E-state index contributed by atoms with van der Waals surface area (Å²) in [7, 11) is 1.57. The molecule has 1 N–H and O–H groups in total. The van der Waals surface area contributed by atoms with Gasteiger partial charge in [-0.1, -0.05) is 24.3 Å². The van der Waals surface area contributed by atoms with E-state index >= 15 is 0 Å². The van der Waals surface area contributed by atoms with E-state index in [9.17, 15) is 9.59 Å². The van der Waals surface area contributed by atoms with E-state index in [1.54, 1.807) is 36.0 Å². The van der Waals surface area contributed by atoms with E-state index in [4.69, 9.17) is 0 Å². The maximum absolute atomic E-state index is 12.5. The van der Waals surface area contributed by atoms with Crippen molar-refractivity contribution in [2.45, 2.75) is 0 Å². The second kappa shape index (κ2) is 4.24. The van der Waals surface area contributed by atoms with Crippen LogP contribution < -0.4 is 10.7 Å². The van der Waals surface area contributed by atoms with Crippen LogP contribution in [0.15, 0.2) is 53.6 Å². The summed E-state index contributed by atoms with van der Waals surface area (Å²) in [5.41, 5.74) is 0.908. The van der Waals surface area contributed by atoms with Crippen molar-refractivity contribution in [3.63, 3.8) is 0 Å². The monoisotopic (exact) mass is 252 g/mol. The molecule has 0 saturated carbocycles. The lowest BCUT2D eigenvalue weighted by Gasteiger charge is -1.92. The topological polar surface area (TPSA) is 50.6 Å². The summed E-state index contributed by atoms with van der Waals surface area (Å²) in [5, 5.41) is 4.09. The highest BCUT2D eigenvalue weighted by Gasteiger charge is 2.09. The second-order valence-corrected chi connectivity index (χ2v) is 4.33. The summed E-state index contributed by atoms with van der Waals surface area (Å²) in [6, 6.07) is 10.9. The van der Waals surface area contributed by atoms with Gasteiger partial charge in [-0.2, -0.15) is 0 Å². The molecule has 0 saturated heterocycles. The van der Waals surface area contributed by atoms with Crippen LogP contribution in [0.25, 0.3) is 16.3 Å².